The minimum absolute atomic E-state index is 0.0814. The van der Waals surface area contributed by atoms with Crippen LogP contribution in [0.5, 0.6) is 11.5 Å². The first-order valence-corrected chi connectivity index (χ1v) is 9.28. The van der Waals surface area contributed by atoms with E-state index in [1.165, 1.54) is 0 Å². The third-order valence-electron chi connectivity index (χ3n) is 5.54. The number of hydrogen-bond acceptors (Lipinski definition) is 5. The van der Waals surface area contributed by atoms with E-state index in [0.717, 1.165) is 38.8 Å². The minimum Gasteiger partial charge on any atom is -0.497 e. The first kappa shape index (κ1) is 17.1. The smallest absolute Gasteiger partial charge is 0.255 e. The van der Waals surface area contributed by atoms with E-state index in [4.69, 9.17) is 9.47 Å². The summed E-state index contributed by atoms with van der Waals surface area (Å²) in [5.74, 6) is 1.15. The molecule has 2 atom stereocenters. The summed E-state index contributed by atoms with van der Waals surface area (Å²) in [4.78, 5) is 27.2. The Hall–Kier alpha value is -2.28. The van der Waals surface area contributed by atoms with Crippen LogP contribution in [0.1, 0.15) is 36.0 Å². The van der Waals surface area contributed by atoms with Crippen LogP contribution in [0.15, 0.2) is 18.2 Å². The summed E-state index contributed by atoms with van der Waals surface area (Å²) >= 11 is 0. The van der Waals surface area contributed by atoms with Crippen molar-refractivity contribution in [3.05, 3.63) is 23.8 Å². The third-order valence-corrected chi connectivity index (χ3v) is 5.54. The van der Waals surface area contributed by atoms with Crippen LogP contribution in [0.3, 0.4) is 0 Å². The van der Waals surface area contributed by atoms with Gasteiger partial charge in [0.2, 0.25) is 5.91 Å². The molecule has 7 nitrogen and oxygen atoms in total. The zero-order chi connectivity index (χ0) is 18.1. The topological polar surface area (TPSA) is 79.9 Å². The molecular formula is C19H25N3O4. The van der Waals surface area contributed by atoms with E-state index >= 15 is 0 Å². The average Bonchev–Trinajstić information content (AvgIpc) is 3.17. The predicted molar refractivity (Wildman–Crippen MR) is 95.5 cm³/mol. The lowest BCUT2D eigenvalue weighted by Crippen LogP contribution is -2.59. The molecule has 7 heteroatoms. The molecule has 26 heavy (non-hydrogen) atoms. The molecule has 1 spiro atoms. The number of ether oxygens (including phenoxy) is 2. The van der Waals surface area contributed by atoms with E-state index in [2.05, 4.69) is 10.6 Å². The number of carbonyl (C=O) groups excluding carboxylic acids is 2. The van der Waals surface area contributed by atoms with Gasteiger partial charge in [-0.3, -0.25) is 9.59 Å². The van der Waals surface area contributed by atoms with Gasteiger partial charge in [0.1, 0.15) is 17.1 Å². The quantitative estimate of drug-likeness (QED) is 0.821. The van der Waals surface area contributed by atoms with Crippen LogP contribution in [0.25, 0.3) is 0 Å². The van der Waals surface area contributed by atoms with E-state index in [9.17, 15) is 9.59 Å². The van der Waals surface area contributed by atoms with E-state index in [-0.39, 0.29) is 17.9 Å². The number of likely N-dealkylation sites (tertiary alicyclic amines) is 1. The molecule has 3 aliphatic rings. The number of nitrogens with zero attached hydrogens (tertiary/aromatic N) is 1. The molecular weight excluding hydrogens is 334 g/mol. The Morgan fingerprint density at radius 2 is 2.27 bits per heavy atom. The summed E-state index contributed by atoms with van der Waals surface area (Å²) in [6.07, 6.45) is 3.60. The van der Waals surface area contributed by atoms with Crippen molar-refractivity contribution in [3.63, 3.8) is 0 Å². The van der Waals surface area contributed by atoms with Crippen molar-refractivity contribution in [2.75, 3.05) is 33.3 Å². The fourth-order valence-electron chi connectivity index (χ4n) is 4.14. The number of rotatable bonds is 2. The lowest BCUT2D eigenvalue weighted by atomic mass is 9.91. The van der Waals surface area contributed by atoms with E-state index < -0.39 is 5.60 Å². The molecule has 2 N–H and O–H groups in total. The lowest BCUT2D eigenvalue weighted by Gasteiger charge is -2.42. The molecule has 0 aliphatic carbocycles. The summed E-state index contributed by atoms with van der Waals surface area (Å²) in [6.45, 7) is 2.53. The number of benzene rings is 1. The van der Waals surface area contributed by atoms with E-state index in [1.54, 1.807) is 25.3 Å². The Morgan fingerprint density at radius 1 is 1.38 bits per heavy atom. The van der Waals surface area contributed by atoms with Gasteiger partial charge in [0, 0.05) is 6.54 Å². The van der Waals surface area contributed by atoms with Gasteiger partial charge in [0.15, 0.2) is 0 Å². The summed E-state index contributed by atoms with van der Waals surface area (Å²) in [6, 6.07) is 5.18. The number of piperidine rings is 1. The van der Waals surface area contributed by atoms with Crippen molar-refractivity contribution in [1.29, 1.82) is 0 Å². The number of nitrogens with one attached hydrogen (secondary N) is 2. The first-order valence-electron chi connectivity index (χ1n) is 9.28. The van der Waals surface area contributed by atoms with Crippen molar-refractivity contribution < 1.29 is 19.1 Å². The molecule has 4 rings (SSSR count). The number of amides is 2. The first-order chi connectivity index (χ1) is 12.6. The highest BCUT2D eigenvalue weighted by molar-refractivity contribution is 5.97. The van der Waals surface area contributed by atoms with Crippen molar-refractivity contribution in [2.24, 2.45) is 0 Å². The molecule has 0 saturated carbocycles. The van der Waals surface area contributed by atoms with Gasteiger partial charge in [0.25, 0.3) is 5.91 Å². The van der Waals surface area contributed by atoms with Gasteiger partial charge in [-0.2, -0.15) is 0 Å². The minimum atomic E-state index is -0.581. The second-order valence-electron chi connectivity index (χ2n) is 7.34. The molecule has 3 heterocycles. The summed E-state index contributed by atoms with van der Waals surface area (Å²) < 4.78 is 11.6. The Labute approximate surface area is 153 Å². The largest absolute Gasteiger partial charge is 0.497 e. The fraction of sp³-hybridized carbons (Fsp3) is 0.579. The summed E-state index contributed by atoms with van der Waals surface area (Å²) in [5.41, 5.74) is -0.107. The van der Waals surface area contributed by atoms with Gasteiger partial charge in [-0.1, -0.05) is 0 Å². The Balaban J connectivity index is 1.57. The van der Waals surface area contributed by atoms with Crippen molar-refractivity contribution >= 4 is 11.8 Å². The molecule has 2 fully saturated rings. The highest BCUT2D eigenvalue weighted by atomic mass is 16.5. The molecule has 1 aromatic carbocycles. The molecule has 2 amide bonds. The fourth-order valence-corrected chi connectivity index (χ4v) is 4.14. The SMILES string of the molecule is COc1ccc2c(c1)C(=O)NC[C@@]1(CCCN(C(=O)[C@H]3CCCN3)C1)O2. The molecule has 2 saturated heterocycles. The zero-order valence-electron chi connectivity index (χ0n) is 15.0. The van der Waals surface area contributed by atoms with Crippen molar-refractivity contribution in [3.8, 4) is 11.5 Å². The maximum Gasteiger partial charge on any atom is 0.255 e. The number of hydrogen-bond donors (Lipinski definition) is 2. The standard InChI is InChI=1S/C19H25N3O4/c1-25-13-5-6-16-14(10-13)17(23)21-11-19(26-16)7-3-9-22(12-19)18(24)15-4-2-8-20-15/h5-6,10,15,20H,2-4,7-9,11-12H2,1H3,(H,21,23)/t15-,19-/m1/s1. The normalized spacial score (nSPS) is 28.1. The maximum atomic E-state index is 12.8. The molecule has 0 aromatic heterocycles. The average molecular weight is 359 g/mol. The van der Waals surface area contributed by atoms with Gasteiger partial charge in [-0.25, -0.2) is 0 Å². The Morgan fingerprint density at radius 3 is 3.04 bits per heavy atom. The van der Waals surface area contributed by atoms with Gasteiger partial charge in [0.05, 0.1) is 31.8 Å². The van der Waals surface area contributed by atoms with E-state index in [0.29, 0.717) is 30.2 Å². The molecule has 140 valence electrons. The second kappa shape index (κ2) is 6.79. The highest BCUT2D eigenvalue weighted by Gasteiger charge is 2.43. The molecule has 0 unspecified atom stereocenters. The number of fused-ring (bicyclic) bond motifs is 1. The van der Waals surface area contributed by atoms with Crippen molar-refractivity contribution in [1.82, 2.24) is 15.5 Å². The maximum absolute atomic E-state index is 12.8. The number of carbonyl (C=O) groups is 2. The van der Waals surface area contributed by atoms with Crippen LogP contribution in [0.4, 0.5) is 0 Å². The molecule has 1 aromatic rings. The van der Waals surface area contributed by atoms with Crippen LogP contribution >= 0.6 is 0 Å². The monoisotopic (exact) mass is 359 g/mol. The van der Waals surface area contributed by atoms with Gasteiger partial charge < -0.3 is 25.0 Å². The number of methoxy groups -OCH3 is 1. The van der Waals surface area contributed by atoms with Crippen LogP contribution in [0, 0.1) is 0 Å². The van der Waals surface area contributed by atoms with Gasteiger partial charge in [-0.05, 0) is 50.4 Å². The summed E-state index contributed by atoms with van der Waals surface area (Å²) in [7, 11) is 1.57. The Bertz CT molecular complexity index is 717. The van der Waals surface area contributed by atoms with Gasteiger partial charge >= 0.3 is 0 Å². The van der Waals surface area contributed by atoms with Crippen LogP contribution in [-0.2, 0) is 4.79 Å². The van der Waals surface area contributed by atoms with Crippen LogP contribution in [-0.4, -0.2) is 61.6 Å². The second-order valence-corrected chi connectivity index (χ2v) is 7.34. The predicted octanol–water partition coefficient (Wildman–Crippen LogP) is 0.931. The van der Waals surface area contributed by atoms with Crippen LogP contribution < -0.4 is 20.1 Å². The zero-order valence-corrected chi connectivity index (χ0v) is 15.0. The van der Waals surface area contributed by atoms with Crippen LogP contribution in [0.2, 0.25) is 0 Å². The molecule has 0 radical (unpaired) electrons. The Kier molecular flexibility index (Phi) is 4.48. The summed E-state index contributed by atoms with van der Waals surface area (Å²) in [5, 5.41) is 6.25. The third kappa shape index (κ3) is 3.11. The van der Waals surface area contributed by atoms with Gasteiger partial charge in [-0.15, -0.1) is 0 Å². The van der Waals surface area contributed by atoms with Crippen molar-refractivity contribution in [2.45, 2.75) is 37.3 Å². The lowest BCUT2D eigenvalue weighted by molar-refractivity contribution is -0.138. The molecule has 0 bridgehead atoms. The highest BCUT2D eigenvalue weighted by Crippen LogP contribution is 2.34. The van der Waals surface area contributed by atoms with E-state index in [1.807, 2.05) is 4.90 Å². The molecule has 3 aliphatic heterocycles.